The van der Waals surface area contributed by atoms with E-state index in [0.717, 1.165) is 16.3 Å². The number of pyridine rings is 1. The summed E-state index contributed by atoms with van der Waals surface area (Å²) in [6.07, 6.45) is 3.61. The largest absolute Gasteiger partial charge is 0.309 e. The van der Waals surface area contributed by atoms with Crippen LogP contribution < -0.4 is 5.32 Å². The van der Waals surface area contributed by atoms with Crippen LogP contribution in [0, 0.1) is 12.7 Å². The Morgan fingerprint density at radius 1 is 1.05 bits per heavy atom. The van der Waals surface area contributed by atoms with Crippen LogP contribution in [0.1, 0.15) is 22.7 Å². The Kier molecular flexibility index (Phi) is 3.67. The molecule has 2 nitrogen and oxygen atoms in total. The van der Waals surface area contributed by atoms with Crippen LogP contribution in [0.15, 0.2) is 54.9 Å². The molecule has 2 aromatic carbocycles. The van der Waals surface area contributed by atoms with Crippen molar-refractivity contribution in [3.05, 3.63) is 77.4 Å². The lowest BCUT2D eigenvalue weighted by Gasteiger charge is -2.20. The average molecular weight is 280 g/mol. The summed E-state index contributed by atoms with van der Waals surface area (Å²) in [7, 11) is 1.85. The molecule has 106 valence electrons. The highest BCUT2D eigenvalue weighted by atomic mass is 19.1. The highest BCUT2D eigenvalue weighted by Crippen LogP contribution is 2.30. The van der Waals surface area contributed by atoms with Gasteiger partial charge in [-0.1, -0.05) is 36.4 Å². The molecule has 1 N–H and O–H groups in total. The fraction of sp³-hybridized carbons (Fsp3) is 0.167. The smallest absolute Gasteiger partial charge is 0.131 e. The Morgan fingerprint density at radius 2 is 1.81 bits per heavy atom. The van der Waals surface area contributed by atoms with Crippen LogP contribution in [0.5, 0.6) is 0 Å². The Morgan fingerprint density at radius 3 is 2.62 bits per heavy atom. The first-order chi connectivity index (χ1) is 10.2. The summed E-state index contributed by atoms with van der Waals surface area (Å²) in [6, 6.07) is 13.3. The second-order valence-electron chi connectivity index (χ2n) is 5.14. The second kappa shape index (κ2) is 5.62. The molecule has 0 amide bonds. The van der Waals surface area contributed by atoms with Gasteiger partial charge in [0.05, 0.1) is 6.04 Å². The van der Waals surface area contributed by atoms with Crippen molar-refractivity contribution in [3.63, 3.8) is 0 Å². The summed E-state index contributed by atoms with van der Waals surface area (Å²) in [4.78, 5) is 4.20. The first kappa shape index (κ1) is 13.7. The predicted octanol–water partition coefficient (Wildman–Crippen LogP) is 3.99. The van der Waals surface area contributed by atoms with E-state index >= 15 is 0 Å². The minimum Gasteiger partial charge on any atom is -0.309 e. The summed E-state index contributed by atoms with van der Waals surface area (Å²) in [5, 5.41) is 5.38. The molecule has 0 radical (unpaired) electrons. The van der Waals surface area contributed by atoms with Crippen molar-refractivity contribution in [1.29, 1.82) is 0 Å². The van der Waals surface area contributed by atoms with E-state index < -0.39 is 0 Å². The Bertz CT molecular complexity index is 778. The highest BCUT2D eigenvalue weighted by molar-refractivity contribution is 5.85. The maximum absolute atomic E-state index is 14.5. The highest BCUT2D eigenvalue weighted by Gasteiger charge is 2.19. The third kappa shape index (κ3) is 2.41. The number of nitrogens with one attached hydrogen (secondary N) is 1. The van der Waals surface area contributed by atoms with Gasteiger partial charge in [0, 0.05) is 23.3 Å². The van der Waals surface area contributed by atoms with Crippen LogP contribution in [-0.2, 0) is 0 Å². The van der Waals surface area contributed by atoms with Gasteiger partial charge in [0.25, 0.3) is 0 Å². The molecule has 3 aromatic rings. The van der Waals surface area contributed by atoms with Crippen molar-refractivity contribution in [3.8, 4) is 0 Å². The van der Waals surface area contributed by atoms with Gasteiger partial charge in [-0.15, -0.1) is 0 Å². The molecular weight excluding hydrogens is 263 g/mol. The topological polar surface area (TPSA) is 24.9 Å². The van der Waals surface area contributed by atoms with Crippen LogP contribution in [0.3, 0.4) is 0 Å². The standard InChI is InChI=1S/C18H17FN2/c1-12-5-3-8-15(17(12)19)18(20-2)14-7-4-6-13-9-10-21-11-16(13)14/h3-11,18,20H,1-2H3. The summed E-state index contributed by atoms with van der Waals surface area (Å²) < 4.78 is 14.5. The number of halogens is 1. The molecule has 0 saturated heterocycles. The van der Waals surface area contributed by atoms with Gasteiger partial charge in [0.1, 0.15) is 5.82 Å². The van der Waals surface area contributed by atoms with Crippen molar-refractivity contribution in [2.24, 2.45) is 0 Å². The number of fused-ring (bicyclic) bond motifs is 1. The minimum atomic E-state index is -0.196. The van der Waals surface area contributed by atoms with E-state index in [0.29, 0.717) is 11.1 Å². The zero-order chi connectivity index (χ0) is 14.8. The zero-order valence-electron chi connectivity index (χ0n) is 12.1. The van der Waals surface area contributed by atoms with Crippen molar-refractivity contribution in [1.82, 2.24) is 10.3 Å². The van der Waals surface area contributed by atoms with E-state index in [9.17, 15) is 4.39 Å². The van der Waals surface area contributed by atoms with Gasteiger partial charge in [-0.3, -0.25) is 4.98 Å². The molecule has 0 spiro atoms. The lowest BCUT2D eigenvalue weighted by molar-refractivity contribution is 0.570. The Labute approximate surface area is 123 Å². The van der Waals surface area contributed by atoms with Gasteiger partial charge in [0.2, 0.25) is 0 Å². The number of rotatable bonds is 3. The third-order valence-corrected chi connectivity index (χ3v) is 3.85. The number of aryl methyl sites for hydroxylation is 1. The maximum Gasteiger partial charge on any atom is 0.131 e. The van der Waals surface area contributed by atoms with E-state index in [4.69, 9.17) is 0 Å². The molecule has 1 atom stereocenters. The molecular formula is C18H17FN2. The van der Waals surface area contributed by atoms with E-state index in [1.165, 1.54) is 0 Å². The molecule has 0 saturated carbocycles. The van der Waals surface area contributed by atoms with E-state index in [2.05, 4.69) is 10.3 Å². The quantitative estimate of drug-likeness (QED) is 0.784. The number of benzene rings is 2. The van der Waals surface area contributed by atoms with Gasteiger partial charge < -0.3 is 5.32 Å². The van der Waals surface area contributed by atoms with Crippen molar-refractivity contribution in [2.75, 3.05) is 7.05 Å². The molecule has 21 heavy (non-hydrogen) atoms. The predicted molar refractivity (Wildman–Crippen MR) is 83.8 cm³/mol. The van der Waals surface area contributed by atoms with Crippen LogP contribution in [0.25, 0.3) is 10.8 Å². The molecule has 0 bridgehead atoms. The fourth-order valence-corrected chi connectivity index (χ4v) is 2.76. The summed E-state index contributed by atoms with van der Waals surface area (Å²) in [5.41, 5.74) is 2.35. The fourth-order valence-electron chi connectivity index (χ4n) is 2.76. The average Bonchev–Trinajstić information content (AvgIpc) is 2.52. The third-order valence-electron chi connectivity index (χ3n) is 3.85. The van der Waals surface area contributed by atoms with Gasteiger partial charge in [-0.2, -0.15) is 0 Å². The molecule has 0 fully saturated rings. The van der Waals surface area contributed by atoms with Crippen molar-refractivity contribution in [2.45, 2.75) is 13.0 Å². The zero-order valence-corrected chi connectivity index (χ0v) is 12.1. The van der Waals surface area contributed by atoms with Gasteiger partial charge in [-0.25, -0.2) is 4.39 Å². The van der Waals surface area contributed by atoms with E-state index in [1.54, 1.807) is 19.2 Å². The lowest BCUT2D eigenvalue weighted by Crippen LogP contribution is -2.19. The lowest BCUT2D eigenvalue weighted by atomic mass is 9.93. The maximum atomic E-state index is 14.5. The SMILES string of the molecule is CNC(c1cccc(C)c1F)c1cccc2ccncc12. The molecule has 1 unspecified atom stereocenters. The number of hydrogen-bond donors (Lipinski definition) is 1. The molecule has 3 heteroatoms. The van der Waals surface area contributed by atoms with E-state index in [1.807, 2.05) is 49.6 Å². The summed E-state index contributed by atoms with van der Waals surface area (Å²) >= 11 is 0. The summed E-state index contributed by atoms with van der Waals surface area (Å²) in [6.45, 7) is 1.79. The molecule has 3 rings (SSSR count). The van der Waals surface area contributed by atoms with Crippen LogP contribution in [0.4, 0.5) is 4.39 Å². The normalized spacial score (nSPS) is 12.5. The van der Waals surface area contributed by atoms with E-state index in [-0.39, 0.29) is 11.9 Å². The van der Waals surface area contributed by atoms with Gasteiger partial charge >= 0.3 is 0 Å². The molecule has 0 aliphatic heterocycles. The van der Waals surface area contributed by atoms with Crippen molar-refractivity contribution < 1.29 is 4.39 Å². The van der Waals surface area contributed by atoms with Crippen LogP contribution in [0.2, 0.25) is 0 Å². The number of hydrogen-bond acceptors (Lipinski definition) is 2. The van der Waals surface area contributed by atoms with Crippen LogP contribution >= 0.6 is 0 Å². The summed E-state index contributed by atoms with van der Waals surface area (Å²) in [5.74, 6) is -0.155. The Hall–Kier alpha value is -2.26. The molecule has 1 aromatic heterocycles. The first-order valence-electron chi connectivity index (χ1n) is 6.97. The second-order valence-corrected chi connectivity index (χ2v) is 5.14. The molecule has 1 heterocycles. The monoisotopic (exact) mass is 280 g/mol. The van der Waals surface area contributed by atoms with Crippen LogP contribution in [-0.4, -0.2) is 12.0 Å². The minimum absolute atomic E-state index is 0.155. The van der Waals surface area contributed by atoms with Gasteiger partial charge in [0.15, 0.2) is 0 Å². The number of nitrogens with zero attached hydrogens (tertiary/aromatic N) is 1. The molecule has 0 aliphatic rings. The van der Waals surface area contributed by atoms with Crippen molar-refractivity contribution >= 4 is 10.8 Å². The number of aromatic nitrogens is 1. The van der Waals surface area contributed by atoms with Gasteiger partial charge in [-0.05, 0) is 36.6 Å². The Balaban J connectivity index is 2.21. The molecule has 0 aliphatic carbocycles. The first-order valence-corrected chi connectivity index (χ1v) is 6.97.